The van der Waals surface area contributed by atoms with Gasteiger partial charge in [0.1, 0.15) is 0 Å². The van der Waals surface area contributed by atoms with Gasteiger partial charge in [-0.15, -0.1) is 11.3 Å². The van der Waals surface area contributed by atoms with E-state index in [1.54, 1.807) is 25.6 Å². The Kier molecular flexibility index (Phi) is 5.24. The zero-order valence-electron chi connectivity index (χ0n) is 10.9. The van der Waals surface area contributed by atoms with Gasteiger partial charge >= 0.3 is 0 Å². The second-order valence-corrected chi connectivity index (χ2v) is 6.34. The van der Waals surface area contributed by atoms with Gasteiger partial charge in [0.05, 0.1) is 18.0 Å². The molecular formula is C14H16BrNO2S. The number of rotatable bonds is 6. The number of hydrogen-bond donors (Lipinski definition) is 1. The van der Waals surface area contributed by atoms with Crippen molar-refractivity contribution in [2.24, 2.45) is 0 Å². The van der Waals surface area contributed by atoms with Gasteiger partial charge in [-0.2, -0.15) is 0 Å². The third-order valence-corrected chi connectivity index (χ3v) is 4.28. The van der Waals surface area contributed by atoms with Crippen LogP contribution in [0.2, 0.25) is 0 Å². The van der Waals surface area contributed by atoms with E-state index in [9.17, 15) is 0 Å². The molecule has 0 spiro atoms. The predicted molar refractivity (Wildman–Crippen MR) is 82.1 cm³/mol. The molecule has 1 aromatic heterocycles. The van der Waals surface area contributed by atoms with Gasteiger partial charge in [0.25, 0.3) is 0 Å². The highest BCUT2D eigenvalue weighted by molar-refractivity contribution is 9.11. The molecule has 2 aromatic rings. The van der Waals surface area contributed by atoms with Crippen LogP contribution in [0.3, 0.4) is 0 Å². The van der Waals surface area contributed by atoms with Gasteiger partial charge in [0, 0.05) is 13.1 Å². The van der Waals surface area contributed by atoms with Gasteiger partial charge in [0.2, 0.25) is 0 Å². The zero-order chi connectivity index (χ0) is 13.7. The summed E-state index contributed by atoms with van der Waals surface area (Å²) in [6.45, 7) is 1.66. The minimum absolute atomic E-state index is 0.757. The lowest BCUT2D eigenvalue weighted by Crippen LogP contribution is -2.12. The first-order valence-corrected chi connectivity index (χ1v) is 7.54. The smallest absolute Gasteiger partial charge is 0.161 e. The first-order chi connectivity index (χ1) is 9.22. The molecule has 0 saturated carbocycles. The monoisotopic (exact) mass is 341 g/mol. The van der Waals surface area contributed by atoms with Crippen molar-refractivity contribution in [2.75, 3.05) is 14.2 Å². The summed E-state index contributed by atoms with van der Waals surface area (Å²) < 4.78 is 11.7. The molecule has 2 rings (SSSR count). The number of ether oxygens (including phenoxy) is 2. The number of halogens is 1. The Bertz CT molecular complexity index is 542. The highest BCUT2D eigenvalue weighted by atomic mass is 79.9. The Morgan fingerprint density at radius 1 is 1.05 bits per heavy atom. The van der Waals surface area contributed by atoms with Crippen LogP contribution in [0.4, 0.5) is 0 Å². The maximum Gasteiger partial charge on any atom is 0.161 e. The van der Waals surface area contributed by atoms with E-state index in [0.29, 0.717) is 0 Å². The predicted octanol–water partition coefficient (Wildman–Crippen LogP) is 3.82. The first kappa shape index (κ1) is 14.4. The molecule has 0 radical (unpaired) electrons. The molecule has 1 aromatic carbocycles. The fourth-order valence-electron chi connectivity index (χ4n) is 1.78. The maximum atomic E-state index is 5.29. The Hall–Kier alpha value is -1.04. The van der Waals surface area contributed by atoms with Crippen molar-refractivity contribution in [2.45, 2.75) is 13.1 Å². The van der Waals surface area contributed by atoms with Crippen molar-refractivity contribution in [3.8, 4) is 11.5 Å². The molecule has 0 amide bonds. The molecule has 102 valence electrons. The summed E-state index contributed by atoms with van der Waals surface area (Å²) in [5.74, 6) is 1.52. The molecule has 5 heteroatoms. The third kappa shape index (κ3) is 3.96. The lowest BCUT2D eigenvalue weighted by Gasteiger charge is -2.10. The summed E-state index contributed by atoms with van der Waals surface area (Å²) in [6.07, 6.45) is 0. The van der Waals surface area contributed by atoms with Crippen molar-refractivity contribution >= 4 is 27.3 Å². The third-order valence-electron chi connectivity index (χ3n) is 2.73. The van der Waals surface area contributed by atoms with E-state index in [-0.39, 0.29) is 0 Å². The highest BCUT2D eigenvalue weighted by Crippen LogP contribution is 2.27. The van der Waals surface area contributed by atoms with Gasteiger partial charge in [-0.05, 0) is 50.6 Å². The number of benzene rings is 1. The summed E-state index contributed by atoms with van der Waals surface area (Å²) in [4.78, 5) is 0. The summed E-state index contributed by atoms with van der Waals surface area (Å²) in [7, 11) is 3.29. The van der Waals surface area contributed by atoms with Crippen LogP contribution in [0.5, 0.6) is 11.5 Å². The lowest BCUT2D eigenvalue weighted by molar-refractivity contribution is 0.354. The molecular weight excluding hydrogens is 326 g/mol. The summed E-state index contributed by atoms with van der Waals surface area (Å²) in [5, 5.41) is 5.55. The Morgan fingerprint density at radius 2 is 1.79 bits per heavy atom. The Morgan fingerprint density at radius 3 is 2.42 bits per heavy atom. The van der Waals surface area contributed by atoms with Crippen LogP contribution in [0.1, 0.15) is 11.1 Å². The van der Waals surface area contributed by atoms with Crippen LogP contribution < -0.4 is 14.8 Å². The molecule has 0 bridgehead atoms. The molecule has 0 fully saturated rings. The first-order valence-electron chi connectivity index (χ1n) is 5.87. The van der Waals surface area contributed by atoms with Gasteiger partial charge in [-0.1, -0.05) is 6.07 Å². The highest BCUT2D eigenvalue weighted by Gasteiger charge is 2.04. The van der Waals surface area contributed by atoms with E-state index in [2.05, 4.69) is 32.7 Å². The molecule has 19 heavy (non-hydrogen) atoms. The topological polar surface area (TPSA) is 30.5 Å². The second kappa shape index (κ2) is 6.93. The zero-order valence-corrected chi connectivity index (χ0v) is 13.3. The molecule has 3 nitrogen and oxygen atoms in total. The van der Waals surface area contributed by atoms with Crippen molar-refractivity contribution in [1.82, 2.24) is 5.32 Å². The van der Waals surface area contributed by atoms with E-state index in [4.69, 9.17) is 9.47 Å². The lowest BCUT2D eigenvalue weighted by atomic mass is 10.2. The fraction of sp³-hybridized carbons (Fsp3) is 0.286. The normalized spacial score (nSPS) is 10.5. The average Bonchev–Trinajstić information content (AvgIpc) is 2.84. The van der Waals surface area contributed by atoms with Crippen LogP contribution in [0.15, 0.2) is 33.4 Å². The number of nitrogens with one attached hydrogen (secondary N) is 1. The van der Waals surface area contributed by atoms with E-state index in [1.807, 2.05) is 18.2 Å². The van der Waals surface area contributed by atoms with Crippen molar-refractivity contribution in [1.29, 1.82) is 0 Å². The summed E-state index contributed by atoms with van der Waals surface area (Å²) in [5.41, 5.74) is 2.46. The standard InChI is InChI=1S/C14H16BrNO2S/c1-17-12-4-3-10(5-13(12)18-2)7-16-8-11-6-14(15)19-9-11/h3-6,9,16H,7-8H2,1-2H3. The second-order valence-electron chi connectivity index (χ2n) is 4.05. The number of hydrogen-bond acceptors (Lipinski definition) is 4. The molecule has 0 saturated heterocycles. The van der Waals surface area contributed by atoms with Gasteiger partial charge in [-0.3, -0.25) is 0 Å². The van der Waals surface area contributed by atoms with E-state index < -0.39 is 0 Å². The van der Waals surface area contributed by atoms with E-state index in [0.717, 1.165) is 28.4 Å². The maximum absolute atomic E-state index is 5.29. The van der Waals surface area contributed by atoms with E-state index >= 15 is 0 Å². The van der Waals surface area contributed by atoms with Gasteiger partial charge in [0.15, 0.2) is 11.5 Å². The van der Waals surface area contributed by atoms with Crippen molar-refractivity contribution in [3.63, 3.8) is 0 Å². The number of thiophene rings is 1. The largest absolute Gasteiger partial charge is 0.493 e. The van der Waals surface area contributed by atoms with Crippen LogP contribution in [0, 0.1) is 0 Å². The molecule has 0 aliphatic heterocycles. The molecule has 1 N–H and O–H groups in total. The van der Waals surface area contributed by atoms with E-state index in [1.165, 1.54) is 11.1 Å². The minimum atomic E-state index is 0.757. The number of methoxy groups -OCH3 is 2. The molecule has 0 atom stereocenters. The fourth-order valence-corrected chi connectivity index (χ4v) is 2.99. The van der Waals surface area contributed by atoms with Crippen LogP contribution in [-0.4, -0.2) is 14.2 Å². The minimum Gasteiger partial charge on any atom is -0.493 e. The summed E-state index contributed by atoms with van der Waals surface area (Å²) >= 11 is 5.17. The van der Waals surface area contributed by atoms with Crippen LogP contribution >= 0.6 is 27.3 Å². The van der Waals surface area contributed by atoms with Crippen LogP contribution in [-0.2, 0) is 13.1 Å². The SMILES string of the molecule is COc1ccc(CNCc2csc(Br)c2)cc1OC. The average molecular weight is 342 g/mol. The molecule has 0 unspecified atom stereocenters. The van der Waals surface area contributed by atoms with Gasteiger partial charge in [-0.25, -0.2) is 0 Å². The molecule has 1 heterocycles. The Balaban J connectivity index is 1.92. The Labute approximate surface area is 125 Å². The van der Waals surface area contributed by atoms with Crippen LogP contribution in [0.25, 0.3) is 0 Å². The van der Waals surface area contributed by atoms with Crippen molar-refractivity contribution < 1.29 is 9.47 Å². The quantitative estimate of drug-likeness (QED) is 0.866. The molecule has 0 aliphatic carbocycles. The summed E-state index contributed by atoms with van der Waals surface area (Å²) in [6, 6.07) is 8.09. The van der Waals surface area contributed by atoms with Gasteiger partial charge < -0.3 is 14.8 Å². The van der Waals surface area contributed by atoms with Crippen molar-refractivity contribution in [3.05, 3.63) is 44.6 Å². The molecule has 0 aliphatic rings.